The van der Waals surface area contributed by atoms with Gasteiger partial charge in [0.1, 0.15) is 12.1 Å². The second-order valence-corrected chi connectivity index (χ2v) is 13.5. The van der Waals surface area contributed by atoms with Gasteiger partial charge in [0.05, 0.1) is 6.04 Å². The molecule has 4 rings (SSSR count). The predicted octanol–water partition coefficient (Wildman–Crippen LogP) is 1.35. The molecule has 14 heteroatoms. The number of nitrogens with one attached hydrogen (secondary N) is 4. The van der Waals surface area contributed by atoms with Gasteiger partial charge in [-0.05, 0) is 55.8 Å². The molecule has 2 saturated carbocycles. The third-order valence-electron chi connectivity index (χ3n) is 9.08. The first-order chi connectivity index (χ1) is 20.1. The summed E-state index contributed by atoms with van der Waals surface area (Å²) in [5, 5.41) is 9.77. The van der Waals surface area contributed by atoms with Gasteiger partial charge in [-0.2, -0.15) is 13.2 Å². The van der Waals surface area contributed by atoms with Crippen LogP contribution in [0, 0.1) is 23.2 Å². The molecule has 43 heavy (non-hydrogen) atoms. The van der Waals surface area contributed by atoms with E-state index in [0.717, 1.165) is 38.5 Å². The Morgan fingerprint density at radius 2 is 1.60 bits per heavy atom. The minimum absolute atomic E-state index is 0.0321. The first kappa shape index (κ1) is 32.7. The first-order valence-electron chi connectivity index (χ1n) is 15.2. The van der Waals surface area contributed by atoms with Crippen molar-refractivity contribution >= 4 is 35.3 Å². The lowest BCUT2D eigenvalue weighted by molar-refractivity contribution is -0.176. The molecule has 11 nitrogen and oxygen atoms in total. The van der Waals surface area contributed by atoms with E-state index in [4.69, 9.17) is 0 Å². The molecule has 0 aromatic rings. The Morgan fingerprint density at radius 1 is 0.953 bits per heavy atom. The van der Waals surface area contributed by atoms with E-state index in [-0.39, 0.29) is 43.2 Å². The van der Waals surface area contributed by atoms with Crippen molar-refractivity contribution in [3.63, 3.8) is 0 Å². The number of carbonyl (C=O) groups excluding carboxylic acids is 6. The molecule has 4 N–H and O–H groups in total. The van der Waals surface area contributed by atoms with Gasteiger partial charge in [0, 0.05) is 25.0 Å². The van der Waals surface area contributed by atoms with Crippen molar-refractivity contribution < 1.29 is 41.9 Å². The van der Waals surface area contributed by atoms with E-state index < -0.39 is 65.0 Å². The number of amides is 5. The molecule has 2 aliphatic heterocycles. The molecule has 6 atom stereocenters. The quantitative estimate of drug-likeness (QED) is 0.288. The van der Waals surface area contributed by atoms with Gasteiger partial charge in [-0.25, -0.2) is 0 Å². The van der Waals surface area contributed by atoms with E-state index in [1.54, 1.807) is 0 Å². The van der Waals surface area contributed by atoms with Crippen molar-refractivity contribution in [3.8, 4) is 0 Å². The van der Waals surface area contributed by atoms with Crippen LogP contribution >= 0.6 is 0 Å². The fourth-order valence-electron chi connectivity index (χ4n) is 6.44. The maximum atomic E-state index is 14.0. The number of carbonyl (C=O) groups is 6. The summed E-state index contributed by atoms with van der Waals surface area (Å²) in [6, 6.07) is -4.16. The molecule has 4 fully saturated rings. The number of fused-ring (bicyclic) bond motifs is 1. The molecule has 0 spiro atoms. The van der Waals surface area contributed by atoms with Crippen molar-refractivity contribution in [2.24, 2.45) is 23.2 Å². The van der Waals surface area contributed by atoms with E-state index in [1.807, 2.05) is 5.32 Å². The zero-order valence-electron chi connectivity index (χ0n) is 24.9. The van der Waals surface area contributed by atoms with E-state index in [9.17, 15) is 41.9 Å². The maximum absolute atomic E-state index is 14.0. The third kappa shape index (κ3) is 8.05. The average Bonchev–Trinajstić information content (AvgIpc) is 3.66. The summed E-state index contributed by atoms with van der Waals surface area (Å²) >= 11 is 0. The van der Waals surface area contributed by atoms with Crippen LogP contribution in [0.4, 0.5) is 13.2 Å². The maximum Gasteiger partial charge on any atom is 0.471 e. The topological polar surface area (TPSA) is 154 Å². The molecule has 0 bridgehead atoms. The number of alkyl halides is 3. The van der Waals surface area contributed by atoms with Crippen LogP contribution in [0.25, 0.3) is 0 Å². The molecule has 0 aromatic carbocycles. The Morgan fingerprint density at radius 3 is 2.16 bits per heavy atom. The van der Waals surface area contributed by atoms with Crippen LogP contribution < -0.4 is 21.3 Å². The number of hydrogen-bond donors (Lipinski definition) is 4. The SMILES string of the molecule is CC(C)(C)[C@H](NC(=O)C(F)(F)F)C(=O)N1C[C@H]2CCCC[C@H]2C[C@H]1C(=O)N[C@@H](CC1CCNC1=O)C(=O)C(=O)NC1CC1. The predicted molar refractivity (Wildman–Crippen MR) is 147 cm³/mol. The van der Waals surface area contributed by atoms with Crippen LogP contribution in [-0.2, 0) is 28.8 Å². The second kappa shape index (κ2) is 12.8. The smallest absolute Gasteiger partial charge is 0.356 e. The summed E-state index contributed by atoms with van der Waals surface area (Å²) in [6.45, 7) is 5.08. The molecule has 0 aromatic heterocycles. The van der Waals surface area contributed by atoms with Crippen molar-refractivity contribution in [2.45, 2.75) is 109 Å². The Balaban J connectivity index is 1.60. The lowest BCUT2D eigenvalue weighted by Crippen LogP contribution is -2.64. The van der Waals surface area contributed by atoms with Gasteiger partial charge >= 0.3 is 12.1 Å². The molecular weight excluding hydrogens is 571 g/mol. The highest BCUT2D eigenvalue weighted by Crippen LogP contribution is 2.39. The Bertz CT molecular complexity index is 1130. The van der Waals surface area contributed by atoms with E-state index >= 15 is 0 Å². The minimum Gasteiger partial charge on any atom is -0.356 e. The number of hydrogen-bond acceptors (Lipinski definition) is 6. The lowest BCUT2D eigenvalue weighted by Gasteiger charge is -2.47. The number of Topliss-reactive ketones (excluding diaryl/α,β-unsaturated/α-hetero) is 1. The van der Waals surface area contributed by atoms with Crippen LogP contribution in [0.15, 0.2) is 0 Å². The fourth-order valence-corrected chi connectivity index (χ4v) is 6.44. The van der Waals surface area contributed by atoms with Crippen LogP contribution in [0.2, 0.25) is 0 Å². The largest absolute Gasteiger partial charge is 0.471 e. The van der Waals surface area contributed by atoms with Crippen LogP contribution in [0.5, 0.6) is 0 Å². The van der Waals surface area contributed by atoms with E-state index in [1.165, 1.54) is 25.7 Å². The zero-order valence-corrected chi connectivity index (χ0v) is 24.9. The number of rotatable bonds is 9. The highest BCUT2D eigenvalue weighted by atomic mass is 19.4. The molecule has 0 radical (unpaired) electrons. The summed E-state index contributed by atoms with van der Waals surface area (Å²) in [4.78, 5) is 79.2. The molecular formula is C29H42F3N5O6. The molecule has 2 saturated heterocycles. The van der Waals surface area contributed by atoms with Gasteiger partial charge in [-0.1, -0.05) is 40.0 Å². The molecule has 240 valence electrons. The molecule has 4 aliphatic rings. The Labute approximate surface area is 248 Å². The standard InChI is InChI=1S/C29H42F3N5O6/c1-28(2,3)22(36-27(43)29(30,31)32)26(42)37-14-17-7-5-4-6-15(17)13-20(37)24(40)35-19(12-16-10-11-33-23(16)39)21(38)25(41)34-18-8-9-18/h15-20,22H,4-14H2,1-3H3,(H,33,39)(H,34,41)(H,35,40)(H,36,43)/t15-,16?,17+,19-,20-,22+/m0/s1. The fraction of sp³-hybridized carbons (Fsp3) is 0.793. The normalized spacial score (nSPS) is 27.3. The Kier molecular flexibility index (Phi) is 9.75. The zero-order chi connectivity index (χ0) is 31.7. The van der Waals surface area contributed by atoms with Gasteiger partial charge in [-0.3, -0.25) is 28.8 Å². The molecule has 5 amide bonds. The summed E-state index contributed by atoms with van der Waals surface area (Å²) in [5.74, 6) is -6.32. The third-order valence-corrected chi connectivity index (χ3v) is 9.08. The van der Waals surface area contributed by atoms with Crippen LogP contribution in [-0.4, -0.2) is 83.7 Å². The number of piperidine rings is 1. The van der Waals surface area contributed by atoms with Crippen molar-refractivity contribution in [1.82, 2.24) is 26.2 Å². The van der Waals surface area contributed by atoms with E-state index in [2.05, 4.69) is 16.0 Å². The molecule has 1 unspecified atom stereocenters. The number of ketones is 1. The summed E-state index contributed by atoms with van der Waals surface area (Å²) < 4.78 is 39.6. The van der Waals surface area contributed by atoms with Gasteiger partial charge in [0.15, 0.2) is 0 Å². The monoisotopic (exact) mass is 613 g/mol. The van der Waals surface area contributed by atoms with Crippen molar-refractivity contribution in [3.05, 3.63) is 0 Å². The van der Waals surface area contributed by atoms with Gasteiger partial charge in [0.2, 0.25) is 23.5 Å². The minimum atomic E-state index is -5.21. The van der Waals surface area contributed by atoms with Crippen LogP contribution in [0.1, 0.15) is 78.6 Å². The lowest BCUT2D eigenvalue weighted by atomic mass is 9.72. The van der Waals surface area contributed by atoms with Gasteiger partial charge in [0.25, 0.3) is 5.91 Å². The van der Waals surface area contributed by atoms with Crippen molar-refractivity contribution in [2.75, 3.05) is 13.1 Å². The Hall–Kier alpha value is -3.19. The number of halogens is 3. The summed E-state index contributed by atoms with van der Waals surface area (Å²) in [5.41, 5.74) is -1.13. The number of nitrogens with zero attached hydrogens (tertiary/aromatic N) is 1. The highest BCUT2D eigenvalue weighted by Gasteiger charge is 2.49. The van der Waals surface area contributed by atoms with Crippen molar-refractivity contribution in [1.29, 1.82) is 0 Å². The van der Waals surface area contributed by atoms with Gasteiger partial charge in [-0.15, -0.1) is 0 Å². The molecule has 2 heterocycles. The second-order valence-electron chi connectivity index (χ2n) is 13.5. The first-order valence-corrected chi connectivity index (χ1v) is 15.2. The molecule has 2 aliphatic carbocycles. The van der Waals surface area contributed by atoms with Crippen LogP contribution in [0.3, 0.4) is 0 Å². The van der Waals surface area contributed by atoms with E-state index in [0.29, 0.717) is 13.0 Å². The highest BCUT2D eigenvalue weighted by molar-refractivity contribution is 6.38. The summed E-state index contributed by atoms with van der Waals surface area (Å²) in [6.07, 6.45) is 0.281. The number of likely N-dealkylation sites (tertiary alicyclic amines) is 1. The summed E-state index contributed by atoms with van der Waals surface area (Å²) in [7, 11) is 0. The average molecular weight is 614 g/mol. The van der Waals surface area contributed by atoms with Gasteiger partial charge < -0.3 is 26.2 Å².